The van der Waals surface area contributed by atoms with Crippen LogP contribution in [0.5, 0.6) is 5.75 Å². The number of carbonyl (C=O) groups excluding carboxylic acids is 1. The van der Waals surface area contributed by atoms with Crippen molar-refractivity contribution in [3.63, 3.8) is 0 Å². The molecule has 0 saturated heterocycles. The van der Waals surface area contributed by atoms with Gasteiger partial charge in [-0.25, -0.2) is 4.79 Å². The molecule has 0 aliphatic heterocycles. The van der Waals surface area contributed by atoms with Crippen LogP contribution in [0.25, 0.3) is 0 Å². The lowest BCUT2D eigenvalue weighted by Gasteiger charge is -2.37. The maximum Gasteiger partial charge on any atom is 0.344 e. The van der Waals surface area contributed by atoms with Gasteiger partial charge in [0, 0.05) is 23.0 Å². The Labute approximate surface area is 220 Å². The van der Waals surface area contributed by atoms with E-state index >= 15 is 0 Å². The van der Waals surface area contributed by atoms with E-state index in [0.717, 1.165) is 39.9 Å². The molecule has 0 aromatic heterocycles. The minimum absolute atomic E-state index is 0.0559. The Morgan fingerprint density at radius 3 is 2.08 bits per heavy atom. The van der Waals surface area contributed by atoms with Crippen molar-refractivity contribution in [1.29, 1.82) is 0 Å². The predicted octanol–water partition coefficient (Wildman–Crippen LogP) is 7.91. The highest BCUT2D eigenvalue weighted by Crippen LogP contribution is 2.76. The molecule has 3 aromatic carbocycles. The number of rotatable bonds is 7. The second kappa shape index (κ2) is 8.93. The second-order valence-electron chi connectivity index (χ2n) is 11.9. The van der Waals surface area contributed by atoms with Crippen LogP contribution >= 0.6 is 0 Å². The molecular formula is C33H37NO3. The molecule has 5 unspecified atom stereocenters. The van der Waals surface area contributed by atoms with Crippen molar-refractivity contribution in [2.45, 2.75) is 59.0 Å². The maximum atomic E-state index is 13.0. The fourth-order valence-corrected chi connectivity index (χ4v) is 7.70. The van der Waals surface area contributed by atoms with Crippen molar-refractivity contribution in [1.82, 2.24) is 0 Å². The SMILES string of the molecule is Cc1cc(N(c2ccccc2)c2ccccc2)cc(C)c1OCC(=O)OC1(C)C2CC(C)CC3(C2)CC31. The fraction of sp³-hybridized carbons (Fsp3) is 0.424. The Morgan fingerprint density at radius 1 is 0.892 bits per heavy atom. The number of hydrogen-bond acceptors (Lipinski definition) is 4. The summed E-state index contributed by atoms with van der Waals surface area (Å²) in [4.78, 5) is 15.3. The molecule has 3 saturated carbocycles. The average molecular weight is 496 g/mol. The number of fused-ring (bicyclic) bond motifs is 1. The van der Waals surface area contributed by atoms with Gasteiger partial charge in [-0.2, -0.15) is 0 Å². The summed E-state index contributed by atoms with van der Waals surface area (Å²) in [5, 5.41) is 0. The highest BCUT2D eigenvalue weighted by atomic mass is 16.6. The van der Waals surface area contributed by atoms with E-state index in [1.165, 1.54) is 25.7 Å². The van der Waals surface area contributed by atoms with E-state index < -0.39 is 0 Å². The zero-order valence-corrected chi connectivity index (χ0v) is 22.4. The third-order valence-corrected chi connectivity index (χ3v) is 9.19. The standard InChI is InChI=1S/C33H37NO3/c1-22-15-25-19-33(18-22)20-29(33)32(25,4)37-30(35)21-36-31-23(2)16-28(17-24(31)3)34(26-11-7-5-8-12-26)27-13-9-6-10-14-27/h5-14,16-17,22,25,29H,15,18-21H2,1-4H3. The van der Waals surface area contributed by atoms with Gasteiger partial charge in [0.15, 0.2) is 6.61 Å². The number of anilines is 3. The lowest BCUT2D eigenvalue weighted by atomic mass is 9.74. The highest BCUT2D eigenvalue weighted by Gasteiger charge is 2.73. The molecule has 4 nitrogen and oxygen atoms in total. The normalized spacial score (nSPS) is 29.4. The molecule has 192 valence electrons. The first kappa shape index (κ1) is 24.1. The van der Waals surface area contributed by atoms with Gasteiger partial charge in [0.05, 0.1) is 0 Å². The van der Waals surface area contributed by atoms with Crippen LogP contribution in [0.3, 0.4) is 0 Å². The summed E-state index contributed by atoms with van der Waals surface area (Å²) >= 11 is 0. The quantitative estimate of drug-likeness (QED) is 0.312. The molecule has 0 amide bonds. The van der Waals surface area contributed by atoms with Gasteiger partial charge in [0.1, 0.15) is 11.4 Å². The van der Waals surface area contributed by atoms with Crippen LogP contribution in [0.1, 0.15) is 50.7 Å². The zero-order chi connectivity index (χ0) is 25.8. The van der Waals surface area contributed by atoms with E-state index in [0.29, 0.717) is 17.3 Å². The molecule has 37 heavy (non-hydrogen) atoms. The molecule has 3 fully saturated rings. The van der Waals surface area contributed by atoms with E-state index in [1.54, 1.807) is 0 Å². The largest absolute Gasteiger partial charge is 0.481 e. The number of hydrogen-bond donors (Lipinski definition) is 0. The van der Waals surface area contributed by atoms with Crippen molar-refractivity contribution in [2.24, 2.45) is 23.2 Å². The highest BCUT2D eigenvalue weighted by molar-refractivity contribution is 5.78. The molecule has 6 rings (SSSR count). The Bertz CT molecular complexity index is 1240. The first-order chi connectivity index (χ1) is 17.8. The van der Waals surface area contributed by atoms with E-state index in [1.807, 2.05) is 26.0 Å². The van der Waals surface area contributed by atoms with Gasteiger partial charge >= 0.3 is 5.97 Å². The summed E-state index contributed by atoms with van der Waals surface area (Å²) in [6, 6.07) is 25.0. The van der Waals surface area contributed by atoms with Gasteiger partial charge in [-0.15, -0.1) is 0 Å². The molecule has 5 atom stereocenters. The van der Waals surface area contributed by atoms with E-state index in [-0.39, 0.29) is 18.2 Å². The van der Waals surface area contributed by atoms with Crippen molar-refractivity contribution in [3.05, 3.63) is 83.9 Å². The first-order valence-electron chi connectivity index (χ1n) is 13.7. The Morgan fingerprint density at radius 2 is 1.49 bits per heavy atom. The molecule has 3 aromatic rings. The number of esters is 1. The number of nitrogens with zero attached hydrogens (tertiary/aromatic N) is 1. The van der Waals surface area contributed by atoms with Gasteiger partial charge < -0.3 is 14.4 Å². The van der Waals surface area contributed by atoms with Gasteiger partial charge in [0.25, 0.3) is 0 Å². The lowest BCUT2D eigenvalue weighted by Crippen LogP contribution is -2.41. The van der Waals surface area contributed by atoms with Crippen molar-refractivity contribution < 1.29 is 14.3 Å². The number of benzene rings is 3. The maximum absolute atomic E-state index is 13.0. The van der Waals surface area contributed by atoms with Crippen LogP contribution in [-0.2, 0) is 9.53 Å². The van der Waals surface area contributed by atoms with Crippen LogP contribution in [0.2, 0.25) is 0 Å². The third kappa shape index (κ3) is 4.21. The predicted molar refractivity (Wildman–Crippen MR) is 148 cm³/mol. The summed E-state index contributed by atoms with van der Waals surface area (Å²) in [6.45, 7) is 8.57. The smallest absolute Gasteiger partial charge is 0.344 e. The molecule has 0 N–H and O–H groups in total. The van der Waals surface area contributed by atoms with Crippen LogP contribution in [0, 0.1) is 37.0 Å². The van der Waals surface area contributed by atoms with E-state index in [4.69, 9.17) is 9.47 Å². The fourth-order valence-electron chi connectivity index (χ4n) is 7.70. The summed E-state index contributed by atoms with van der Waals surface area (Å²) in [7, 11) is 0. The van der Waals surface area contributed by atoms with Crippen molar-refractivity contribution >= 4 is 23.0 Å². The zero-order valence-electron chi connectivity index (χ0n) is 22.4. The third-order valence-electron chi connectivity index (χ3n) is 9.19. The summed E-state index contributed by atoms with van der Waals surface area (Å²) in [5.74, 6) is 2.26. The van der Waals surface area contributed by atoms with Crippen LogP contribution in [0.15, 0.2) is 72.8 Å². The molecule has 0 heterocycles. The van der Waals surface area contributed by atoms with Gasteiger partial charge in [-0.1, -0.05) is 43.3 Å². The Hall–Kier alpha value is -3.27. The average Bonchev–Trinajstić information content (AvgIpc) is 3.53. The first-order valence-corrected chi connectivity index (χ1v) is 13.7. The molecule has 3 aliphatic rings. The molecule has 0 radical (unpaired) electrons. The van der Waals surface area contributed by atoms with Crippen LogP contribution < -0.4 is 9.64 Å². The van der Waals surface area contributed by atoms with Gasteiger partial charge in [-0.05, 0) is 111 Å². The number of aryl methyl sites for hydroxylation is 2. The lowest BCUT2D eigenvalue weighted by molar-refractivity contribution is -0.167. The minimum Gasteiger partial charge on any atom is -0.481 e. The molecule has 4 heteroatoms. The number of carbonyl (C=O) groups is 1. The second-order valence-corrected chi connectivity index (χ2v) is 11.9. The van der Waals surface area contributed by atoms with Crippen molar-refractivity contribution in [3.8, 4) is 5.75 Å². The monoisotopic (exact) mass is 495 g/mol. The number of ether oxygens (including phenoxy) is 2. The van der Waals surface area contributed by atoms with Gasteiger partial charge in [0.2, 0.25) is 0 Å². The minimum atomic E-state index is -0.328. The van der Waals surface area contributed by atoms with Crippen LogP contribution in [0.4, 0.5) is 17.1 Å². The summed E-state index contributed by atoms with van der Waals surface area (Å²) < 4.78 is 12.3. The van der Waals surface area contributed by atoms with Gasteiger partial charge in [-0.3, -0.25) is 0 Å². The molecule has 3 aliphatic carbocycles. The Balaban J connectivity index is 1.19. The van der Waals surface area contributed by atoms with Crippen molar-refractivity contribution in [2.75, 3.05) is 11.5 Å². The molecular weight excluding hydrogens is 458 g/mol. The molecule has 2 bridgehead atoms. The summed E-state index contributed by atoms with van der Waals surface area (Å²) in [6.07, 6.45) is 4.91. The number of para-hydroxylation sites is 2. The Kier molecular flexibility index (Phi) is 5.82. The summed E-state index contributed by atoms with van der Waals surface area (Å²) in [5.41, 5.74) is 5.35. The molecule has 1 spiro atoms. The van der Waals surface area contributed by atoms with E-state index in [9.17, 15) is 4.79 Å². The van der Waals surface area contributed by atoms with Crippen LogP contribution in [-0.4, -0.2) is 18.2 Å². The van der Waals surface area contributed by atoms with E-state index in [2.05, 4.69) is 79.4 Å². The topological polar surface area (TPSA) is 38.8 Å².